The highest BCUT2D eigenvalue weighted by molar-refractivity contribution is 5.87. The van der Waals surface area contributed by atoms with E-state index in [1.807, 2.05) is 5.32 Å². The fraction of sp³-hybridized carbons (Fsp3) is 0.263. The first kappa shape index (κ1) is 21.4. The highest BCUT2D eigenvalue weighted by Gasteiger charge is 2.33. The lowest BCUT2D eigenvalue weighted by Crippen LogP contribution is -2.49. The van der Waals surface area contributed by atoms with Gasteiger partial charge in [0.1, 0.15) is 6.10 Å². The molecule has 0 spiro atoms. The molecule has 2 rings (SSSR count). The maximum absolute atomic E-state index is 12.8. The van der Waals surface area contributed by atoms with Crippen LogP contribution in [0.3, 0.4) is 0 Å². The summed E-state index contributed by atoms with van der Waals surface area (Å²) in [5, 5.41) is 21.5. The summed E-state index contributed by atoms with van der Waals surface area (Å²) in [6.07, 6.45) is -6.26. The number of carboxylic acid groups (broad SMARTS) is 1. The lowest BCUT2D eigenvalue weighted by molar-refractivity contribution is -0.144. The molecule has 0 aromatic heterocycles. The van der Waals surface area contributed by atoms with Crippen LogP contribution in [0.15, 0.2) is 54.6 Å². The van der Waals surface area contributed by atoms with E-state index in [1.54, 1.807) is 30.3 Å². The van der Waals surface area contributed by atoms with Crippen molar-refractivity contribution in [2.75, 3.05) is 0 Å². The number of carbonyl (C=O) groups is 2. The van der Waals surface area contributed by atoms with E-state index in [0.29, 0.717) is 6.07 Å². The van der Waals surface area contributed by atoms with E-state index in [1.165, 1.54) is 0 Å². The van der Waals surface area contributed by atoms with Crippen LogP contribution in [0, 0.1) is 0 Å². The Kier molecular flexibility index (Phi) is 6.76. The summed E-state index contributed by atoms with van der Waals surface area (Å²) in [4.78, 5) is 23.7. The van der Waals surface area contributed by atoms with Crippen LogP contribution in [0.25, 0.3) is 0 Å². The quantitative estimate of drug-likeness (QED) is 0.571. The van der Waals surface area contributed by atoms with Crippen molar-refractivity contribution in [3.8, 4) is 0 Å². The standard InChI is InChI=1S/C19H19F3N2O4/c20-19(21,22)13-8-4-7-12(10-13)15(18(27)28)24-17(26)16(25)14(23)9-11-5-2-1-3-6-11/h1-8,10,14-16,25H,9,23H2,(H,24,26)(H,27,28)/t14-,15-,16+/m1/s1. The molecule has 6 nitrogen and oxygen atoms in total. The van der Waals surface area contributed by atoms with Crippen LogP contribution >= 0.6 is 0 Å². The van der Waals surface area contributed by atoms with Crippen LogP contribution < -0.4 is 11.1 Å². The molecule has 0 saturated carbocycles. The van der Waals surface area contributed by atoms with Gasteiger partial charge >= 0.3 is 12.1 Å². The molecule has 2 aromatic rings. The van der Waals surface area contributed by atoms with Crippen molar-refractivity contribution in [2.24, 2.45) is 5.73 Å². The SMILES string of the molecule is N[C@H](Cc1ccccc1)[C@H](O)C(=O)N[C@@H](C(=O)O)c1cccc(C(F)(F)F)c1. The van der Waals surface area contributed by atoms with Gasteiger partial charge < -0.3 is 21.3 Å². The molecule has 1 amide bonds. The molecule has 5 N–H and O–H groups in total. The topological polar surface area (TPSA) is 113 Å². The van der Waals surface area contributed by atoms with Gasteiger partial charge in [-0.1, -0.05) is 42.5 Å². The van der Waals surface area contributed by atoms with Crippen LogP contribution in [-0.2, 0) is 22.2 Å². The maximum Gasteiger partial charge on any atom is 0.416 e. The normalized spacial score (nSPS) is 14.8. The smallest absolute Gasteiger partial charge is 0.416 e. The molecular weight excluding hydrogens is 377 g/mol. The first-order valence-electron chi connectivity index (χ1n) is 8.27. The monoisotopic (exact) mass is 396 g/mol. The van der Waals surface area contributed by atoms with Crippen LogP contribution in [0.2, 0.25) is 0 Å². The van der Waals surface area contributed by atoms with Crippen LogP contribution in [0.4, 0.5) is 13.2 Å². The van der Waals surface area contributed by atoms with Gasteiger partial charge in [-0.2, -0.15) is 13.2 Å². The number of aliphatic hydroxyl groups excluding tert-OH is 1. The summed E-state index contributed by atoms with van der Waals surface area (Å²) in [6, 6.07) is 9.58. The lowest BCUT2D eigenvalue weighted by Gasteiger charge is -2.22. The number of hydrogen-bond acceptors (Lipinski definition) is 4. The molecule has 0 aliphatic heterocycles. The van der Waals surface area contributed by atoms with Gasteiger partial charge in [-0.15, -0.1) is 0 Å². The van der Waals surface area contributed by atoms with Gasteiger partial charge in [0.15, 0.2) is 6.04 Å². The summed E-state index contributed by atoms with van der Waals surface area (Å²) >= 11 is 0. The number of nitrogens with one attached hydrogen (secondary N) is 1. The van der Waals surface area contributed by atoms with Gasteiger partial charge in [-0.25, -0.2) is 4.79 Å². The minimum absolute atomic E-state index is 0.150. The molecule has 0 unspecified atom stereocenters. The van der Waals surface area contributed by atoms with Crippen molar-refractivity contribution >= 4 is 11.9 Å². The van der Waals surface area contributed by atoms with E-state index < -0.39 is 41.8 Å². The largest absolute Gasteiger partial charge is 0.479 e. The zero-order valence-electron chi connectivity index (χ0n) is 14.6. The number of carboxylic acids is 1. The van der Waals surface area contributed by atoms with Gasteiger partial charge in [0.25, 0.3) is 5.91 Å². The van der Waals surface area contributed by atoms with Crippen LogP contribution in [-0.4, -0.2) is 34.2 Å². The number of benzene rings is 2. The molecule has 0 fully saturated rings. The number of halogens is 3. The molecule has 9 heteroatoms. The van der Waals surface area contributed by atoms with Gasteiger partial charge in [0, 0.05) is 6.04 Å². The molecule has 0 heterocycles. The Morgan fingerprint density at radius 1 is 1.07 bits per heavy atom. The maximum atomic E-state index is 12.8. The molecule has 2 aromatic carbocycles. The highest BCUT2D eigenvalue weighted by atomic mass is 19.4. The summed E-state index contributed by atoms with van der Waals surface area (Å²) < 4.78 is 38.5. The minimum atomic E-state index is -4.67. The first-order chi connectivity index (χ1) is 13.1. The number of hydrogen-bond donors (Lipinski definition) is 4. The Morgan fingerprint density at radius 2 is 1.71 bits per heavy atom. The zero-order chi connectivity index (χ0) is 20.9. The Balaban J connectivity index is 2.13. The van der Waals surface area contributed by atoms with Crippen LogP contribution in [0.1, 0.15) is 22.7 Å². The molecule has 0 radical (unpaired) electrons. The summed E-state index contributed by atoms with van der Waals surface area (Å²) in [6.45, 7) is 0. The Bertz CT molecular complexity index is 827. The van der Waals surface area contributed by atoms with Gasteiger partial charge in [0.05, 0.1) is 5.56 Å². The summed E-state index contributed by atoms with van der Waals surface area (Å²) in [5.74, 6) is -2.66. The predicted molar refractivity (Wildman–Crippen MR) is 94.1 cm³/mol. The van der Waals surface area contributed by atoms with E-state index in [9.17, 15) is 33.0 Å². The van der Waals surface area contributed by atoms with Crippen molar-refractivity contribution in [2.45, 2.75) is 30.8 Å². The number of nitrogens with two attached hydrogens (primary N) is 1. The minimum Gasteiger partial charge on any atom is -0.479 e. The van der Waals surface area contributed by atoms with E-state index >= 15 is 0 Å². The molecule has 0 aliphatic rings. The Morgan fingerprint density at radius 3 is 2.29 bits per heavy atom. The fourth-order valence-electron chi connectivity index (χ4n) is 2.60. The van der Waals surface area contributed by atoms with Crippen LogP contribution in [0.5, 0.6) is 0 Å². The molecular formula is C19H19F3N2O4. The average Bonchev–Trinajstić information content (AvgIpc) is 2.65. The first-order valence-corrected chi connectivity index (χ1v) is 8.27. The van der Waals surface area contributed by atoms with Crippen molar-refractivity contribution in [1.82, 2.24) is 5.32 Å². The van der Waals surface area contributed by atoms with Gasteiger partial charge in [-0.3, -0.25) is 4.79 Å². The fourth-order valence-corrected chi connectivity index (χ4v) is 2.60. The third-order valence-electron chi connectivity index (χ3n) is 4.07. The molecule has 0 aliphatic carbocycles. The number of rotatable bonds is 7. The van der Waals surface area contributed by atoms with Crippen molar-refractivity contribution in [1.29, 1.82) is 0 Å². The third kappa shape index (κ3) is 5.54. The second-order valence-electron chi connectivity index (χ2n) is 6.20. The van der Waals surface area contributed by atoms with E-state index in [-0.39, 0.29) is 12.0 Å². The van der Waals surface area contributed by atoms with Crippen molar-refractivity contribution in [3.05, 3.63) is 71.3 Å². The number of aliphatic hydroxyl groups is 1. The van der Waals surface area contributed by atoms with Gasteiger partial charge in [0.2, 0.25) is 0 Å². The molecule has 28 heavy (non-hydrogen) atoms. The van der Waals surface area contributed by atoms with E-state index in [4.69, 9.17) is 5.73 Å². The van der Waals surface area contributed by atoms with E-state index in [2.05, 4.69) is 0 Å². The third-order valence-corrected chi connectivity index (χ3v) is 4.07. The molecule has 3 atom stereocenters. The zero-order valence-corrected chi connectivity index (χ0v) is 14.6. The second-order valence-corrected chi connectivity index (χ2v) is 6.20. The second kappa shape index (κ2) is 8.85. The summed E-state index contributed by atoms with van der Waals surface area (Å²) in [7, 11) is 0. The number of carbonyl (C=O) groups excluding carboxylic acids is 1. The van der Waals surface area contributed by atoms with E-state index in [0.717, 1.165) is 23.8 Å². The number of alkyl halides is 3. The Labute approximate surface area is 158 Å². The Hall–Kier alpha value is -2.91. The molecule has 0 bridgehead atoms. The highest BCUT2D eigenvalue weighted by Crippen LogP contribution is 2.30. The lowest BCUT2D eigenvalue weighted by atomic mass is 10.00. The van der Waals surface area contributed by atoms with Crippen molar-refractivity contribution < 1.29 is 33.0 Å². The van der Waals surface area contributed by atoms with Gasteiger partial charge in [-0.05, 0) is 29.7 Å². The molecule has 0 saturated heterocycles. The number of amides is 1. The summed E-state index contributed by atoms with van der Waals surface area (Å²) in [5.41, 5.74) is 5.25. The number of aliphatic carboxylic acids is 1. The molecule has 150 valence electrons. The predicted octanol–water partition coefficient (Wildman–Crippen LogP) is 1.88. The van der Waals surface area contributed by atoms with Crippen molar-refractivity contribution in [3.63, 3.8) is 0 Å². The average molecular weight is 396 g/mol.